The highest BCUT2D eigenvalue weighted by Crippen LogP contribution is 2.33. The quantitative estimate of drug-likeness (QED) is 0.789. The van der Waals surface area contributed by atoms with Crippen LogP contribution in [0.1, 0.15) is 43.8 Å². The lowest BCUT2D eigenvalue weighted by Gasteiger charge is -2.21. The maximum atomic E-state index is 4.88. The molecule has 2 aromatic heterocycles. The third kappa shape index (κ3) is 2.79. The van der Waals surface area contributed by atoms with Gasteiger partial charge in [0.2, 0.25) is 0 Å². The normalized spacial score (nSPS) is 15.9. The average molecular weight is 307 g/mol. The maximum absolute atomic E-state index is 4.88. The van der Waals surface area contributed by atoms with Gasteiger partial charge in [0.15, 0.2) is 0 Å². The van der Waals surface area contributed by atoms with E-state index in [4.69, 9.17) is 9.97 Å². The van der Waals surface area contributed by atoms with Crippen molar-refractivity contribution < 1.29 is 0 Å². The molecule has 1 aromatic carbocycles. The van der Waals surface area contributed by atoms with Crippen LogP contribution in [0.5, 0.6) is 0 Å². The van der Waals surface area contributed by atoms with Crippen molar-refractivity contribution in [1.29, 1.82) is 0 Å². The Morgan fingerprint density at radius 1 is 1.04 bits per heavy atom. The molecule has 1 saturated carbocycles. The number of rotatable bonds is 3. The van der Waals surface area contributed by atoms with E-state index in [1.165, 1.54) is 32.1 Å². The minimum Gasteiger partial charge on any atom is -0.325 e. The fraction of sp³-hybridized carbons (Fsp3) is 0.389. The van der Waals surface area contributed by atoms with Gasteiger partial charge < -0.3 is 5.32 Å². The molecule has 1 N–H and O–H groups in total. The van der Waals surface area contributed by atoms with Crippen LogP contribution in [-0.2, 0) is 7.05 Å². The van der Waals surface area contributed by atoms with E-state index in [0.29, 0.717) is 5.92 Å². The van der Waals surface area contributed by atoms with Crippen molar-refractivity contribution in [2.45, 2.75) is 38.0 Å². The van der Waals surface area contributed by atoms with E-state index >= 15 is 0 Å². The first-order chi connectivity index (χ1) is 11.3. The summed E-state index contributed by atoms with van der Waals surface area (Å²) in [6.07, 6.45) is 8.08. The zero-order valence-corrected chi connectivity index (χ0v) is 13.4. The highest BCUT2D eigenvalue weighted by atomic mass is 15.3. The molecule has 2 heterocycles. The molecular weight excluding hydrogens is 286 g/mol. The number of anilines is 2. The second-order valence-corrected chi connectivity index (χ2v) is 6.25. The van der Waals surface area contributed by atoms with E-state index in [-0.39, 0.29) is 0 Å². The Bertz CT molecular complexity index is 817. The smallest absolute Gasteiger partial charge is 0.143 e. The summed E-state index contributed by atoms with van der Waals surface area (Å²) < 4.78 is 1.82. The number of benzene rings is 1. The predicted octanol–water partition coefficient (Wildman–Crippen LogP) is 4.15. The SMILES string of the molecule is Cn1nccc1Nc1nc(C2CCCCC2)nc2ccccc12. The summed E-state index contributed by atoms with van der Waals surface area (Å²) in [5, 5.41) is 8.69. The largest absolute Gasteiger partial charge is 0.325 e. The van der Waals surface area contributed by atoms with Crippen molar-refractivity contribution in [2.75, 3.05) is 5.32 Å². The number of para-hydroxylation sites is 1. The molecule has 0 bridgehead atoms. The highest BCUT2D eigenvalue weighted by molar-refractivity contribution is 5.90. The molecule has 118 valence electrons. The second kappa shape index (κ2) is 5.99. The number of aryl methyl sites for hydroxylation is 1. The summed E-state index contributed by atoms with van der Waals surface area (Å²) in [7, 11) is 1.92. The molecule has 3 aromatic rings. The summed E-state index contributed by atoms with van der Waals surface area (Å²) in [6, 6.07) is 10.2. The minimum absolute atomic E-state index is 0.487. The van der Waals surface area contributed by atoms with Crippen LogP contribution in [0.15, 0.2) is 36.5 Å². The van der Waals surface area contributed by atoms with Crippen LogP contribution < -0.4 is 5.32 Å². The molecule has 0 saturated heterocycles. The fourth-order valence-electron chi connectivity index (χ4n) is 3.35. The van der Waals surface area contributed by atoms with Gasteiger partial charge in [0.25, 0.3) is 0 Å². The summed E-state index contributed by atoms with van der Waals surface area (Å²) in [4.78, 5) is 9.71. The first-order valence-electron chi connectivity index (χ1n) is 8.33. The lowest BCUT2D eigenvalue weighted by molar-refractivity contribution is 0.430. The van der Waals surface area contributed by atoms with E-state index < -0.39 is 0 Å². The van der Waals surface area contributed by atoms with Gasteiger partial charge in [-0.15, -0.1) is 0 Å². The molecule has 1 aliphatic rings. The molecule has 0 radical (unpaired) electrons. The molecule has 23 heavy (non-hydrogen) atoms. The zero-order valence-electron chi connectivity index (χ0n) is 13.4. The number of nitrogens with one attached hydrogen (secondary N) is 1. The van der Waals surface area contributed by atoms with Crippen LogP contribution in [-0.4, -0.2) is 19.7 Å². The van der Waals surface area contributed by atoms with Gasteiger partial charge in [-0.05, 0) is 25.0 Å². The van der Waals surface area contributed by atoms with Crippen molar-refractivity contribution in [3.8, 4) is 0 Å². The van der Waals surface area contributed by atoms with Gasteiger partial charge in [0, 0.05) is 24.4 Å². The van der Waals surface area contributed by atoms with Crippen LogP contribution in [0.4, 0.5) is 11.6 Å². The Balaban J connectivity index is 1.78. The molecule has 0 spiro atoms. The van der Waals surface area contributed by atoms with E-state index in [2.05, 4.69) is 22.5 Å². The summed E-state index contributed by atoms with van der Waals surface area (Å²) in [5.74, 6) is 3.27. The van der Waals surface area contributed by atoms with Crippen LogP contribution >= 0.6 is 0 Å². The molecule has 5 nitrogen and oxygen atoms in total. The van der Waals surface area contributed by atoms with Gasteiger partial charge in [-0.3, -0.25) is 4.68 Å². The Kier molecular flexibility index (Phi) is 3.69. The van der Waals surface area contributed by atoms with Crippen LogP contribution in [0, 0.1) is 0 Å². The molecule has 0 atom stereocenters. The second-order valence-electron chi connectivity index (χ2n) is 6.25. The van der Waals surface area contributed by atoms with Crippen LogP contribution in [0.2, 0.25) is 0 Å². The van der Waals surface area contributed by atoms with Gasteiger partial charge in [-0.1, -0.05) is 31.4 Å². The zero-order chi connectivity index (χ0) is 15.6. The molecule has 4 rings (SSSR count). The van der Waals surface area contributed by atoms with E-state index in [1.807, 2.05) is 29.9 Å². The van der Waals surface area contributed by atoms with Gasteiger partial charge >= 0.3 is 0 Å². The third-order valence-corrected chi connectivity index (χ3v) is 4.66. The average Bonchev–Trinajstić information content (AvgIpc) is 3.00. The highest BCUT2D eigenvalue weighted by Gasteiger charge is 2.20. The lowest BCUT2D eigenvalue weighted by Crippen LogP contribution is -2.11. The van der Waals surface area contributed by atoms with Gasteiger partial charge in [-0.2, -0.15) is 5.10 Å². The lowest BCUT2D eigenvalue weighted by atomic mass is 9.88. The first-order valence-corrected chi connectivity index (χ1v) is 8.33. The minimum atomic E-state index is 0.487. The van der Waals surface area contributed by atoms with Crippen LogP contribution in [0.3, 0.4) is 0 Å². The van der Waals surface area contributed by atoms with E-state index in [0.717, 1.165) is 28.4 Å². The summed E-state index contributed by atoms with van der Waals surface area (Å²) in [5.41, 5.74) is 1.01. The fourth-order valence-corrected chi connectivity index (χ4v) is 3.35. The molecule has 0 aliphatic heterocycles. The van der Waals surface area contributed by atoms with Gasteiger partial charge in [-0.25, -0.2) is 9.97 Å². The number of nitrogens with zero attached hydrogens (tertiary/aromatic N) is 4. The number of fused-ring (bicyclic) bond motifs is 1. The molecule has 1 fully saturated rings. The third-order valence-electron chi connectivity index (χ3n) is 4.66. The number of hydrogen-bond donors (Lipinski definition) is 1. The standard InChI is InChI=1S/C18H21N5/c1-23-16(11-12-19-23)21-18-14-9-5-6-10-15(14)20-17(22-18)13-7-3-2-4-8-13/h5-6,9-13H,2-4,7-8H2,1H3,(H,20,21,22). The summed E-state index contributed by atoms with van der Waals surface area (Å²) >= 11 is 0. The monoisotopic (exact) mass is 307 g/mol. The predicted molar refractivity (Wildman–Crippen MR) is 91.9 cm³/mol. The van der Waals surface area contributed by atoms with Gasteiger partial charge in [0.1, 0.15) is 17.5 Å². The molecule has 5 heteroatoms. The molecule has 1 aliphatic carbocycles. The summed E-state index contributed by atoms with van der Waals surface area (Å²) in [6.45, 7) is 0. The van der Waals surface area contributed by atoms with E-state index in [1.54, 1.807) is 6.20 Å². The van der Waals surface area contributed by atoms with E-state index in [9.17, 15) is 0 Å². The van der Waals surface area contributed by atoms with Crippen molar-refractivity contribution in [3.05, 3.63) is 42.4 Å². The van der Waals surface area contributed by atoms with Gasteiger partial charge in [0.05, 0.1) is 11.7 Å². The molecular formula is C18H21N5. The Morgan fingerprint density at radius 3 is 2.65 bits per heavy atom. The topological polar surface area (TPSA) is 55.6 Å². The Labute approximate surface area is 135 Å². The van der Waals surface area contributed by atoms with Crippen molar-refractivity contribution in [2.24, 2.45) is 7.05 Å². The number of hydrogen-bond acceptors (Lipinski definition) is 4. The number of aromatic nitrogens is 4. The van der Waals surface area contributed by atoms with Crippen LogP contribution in [0.25, 0.3) is 10.9 Å². The van der Waals surface area contributed by atoms with Crippen molar-refractivity contribution in [3.63, 3.8) is 0 Å². The Morgan fingerprint density at radius 2 is 1.87 bits per heavy atom. The van der Waals surface area contributed by atoms with Crippen molar-refractivity contribution in [1.82, 2.24) is 19.7 Å². The molecule has 0 unspecified atom stereocenters. The Hall–Kier alpha value is -2.43. The first kappa shape index (κ1) is 14.2. The van der Waals surface area contributed by atoms with Crippen molar-refractivity contribution >= 4 is 22.5 Å². The maximum Gasteiger partial charge on any atom is 0.143 e. The molecule has 0 amide bonds.